The lowest BCUT2D eigenvalue weighted by atomic mass is 9.75. The Morgan fingerprint density at radius 2 is 1.86 bits per heavy atom. The van der Waals surface area contributed by atoms with Gasteiger partial charge in [-0.05, 0) is 74.3 Å². The first-order valence-electron chi connectivity index (χ1n) is 10.4. The SMILES string of the molecule is COc1ccc(C=NCC[C@H](c2ccccc2)[C@H]2CCOC(C)(C)C2)cc1OC. The van der Waals surface area contributed by atoms with Crippen LogP contribution in [0.5, 0.6) is 11.5 Å². The quantitative estimate of drug-likeness (QED) is 0.554. The molecule has 4 heteroatoms. The molecule has 0 unspecified atom stereocenters. The summed E-state index contributed by atoms with van der Waals surface area (Å²) < 4.78 is 16.6. The number of nitrogens with zero attached hydrogens (tertiary/aromatic N) is 1. The highest BCUT2D eigenvalue weighted by Gasteiger charge is 2.33. The molecule has 2 aromatic rings. The van der Waals surface area contributed by atoms with Gasteiger partial charge in [0, 0.05) is 19.4 Å². The van der Waals surface area contributed by atoms with Crippen LogP contribution in [0.1, 0.15) is 50.2 Å². The third kappa shape index (κ3) is 5.83. The Labute approximate surface area is 174 Å². The maximum Gasteiger partial charge on any atom is 0.161 e. The van der Waals surface area contributed by atoms with Crippen molar-refractivity contribution in [3.8, 4) is 11.5 Å². The first-order valence-corrected chi connectivity index (χ1v) is 10.4. The van der Waals surface area contributed by atoms with Crippen LogP contribution >= 0.6 is 0 Å². The lowest BCUT2D eigenvalue weighted by molar-refractivity contribution is -0.0771. The summed E-state index contributed by atoms with van der Waals surface area (Å²) in [7, 11) is 3.30. The first-order chi connectivity index (χ1) is 14.0. The molecule has 0 N–H and O–H groups in total. The predicted molar refractivity (Wildman–Crippen MR) is 119 cm³/mol. The second-order valence-electron chi connectivity index (χ2n) is 8.32. The van der Waals surface area contributed by atoms with Gasteiger partial charge in [0.25, 0.3) is 0 Å². The molecule has 4 nitrogen and oxygen atoms in total. The van der Waals surface area contributed by atoms with Crippen molar-refractivity contribution in [3.63, 3.8) is 0 Å². The first kappa shape index (κ1) is 21.4. The van der Waals surface area contributed by atoms with E-state index in [0.717, 1.165) is 49.5 Å². The van der Waals surface area contributed by atoms with E-state index in [9.17, 15) is 0 Å². The molecule has 156 valence electrons. The van der Waals surface area contributed by atoms with Gasteiger partial charge in [-0.3, -0.25) is 4.99 Å². The van der Waals surface area contributed by atoms with Crippen LogP contribution in [0.2, 0.25) is 0 Å². The van der Waals surface area contributed by atoms with E-state index in [0.29, 0.717) is 11.8 Å². The van der Waals surface area contributed by atoms with Gasteiger partial charge in [-0.1, -0.05) is 30.3 Å². The minimum Gasteiger partial charge on any atom is -0.493 e. The molecule has 2 aromatic carbocycles. The summed E-state index contributed by atoms with van der Waals surface area (Å²) in [5.41, 5.74) is 2.39. The summed E-state index contributed by atoms with van der Waals surface area (Å²) in [6.45, 7) is 6.05. The van der Waals surface area contributed by atoms with Gasteiger partial charge in [0.2, 0.25) is 0 Å². The molecule has 2 atom stereocenters. The highest BCUT2D eigenvalue weighted by molar-refractivity contribution is 5.80. The lowest BCUT2D eigenvalue weighted by Gasteiger charge is -2.39. The zero-order valence-electron chi connectivity index (χ0n) is 18.1. The summed E-state index contributed by atoms with van der Waals surface area (Å²) in [5, 5.41) is 0. The van der Waals surface area contributed by atoms with Gasteiger partial charge in [0.15, 0.2) is 11.5 Å². The fourth-order valence-electron chi connectivity index (χ4n) is 4.31. The maximum absolute atomic E-state index is 5.95. The average molecular weight is 396 g/mol. The van der Waals surface area contributed by atoms with Gasteiger partial charge in [0.1, 0.15) is 0 Å². The van der Waals surface area contributed by atoms with Crippen LogP contribution in [0.25, 0.3) is 0 Å². The van der Waals surface area contributed by atoms with E-state index in [1.54, 1.807) is 14.2 Å². The van der Waals surface area contributed by atoms with Gasteiger partial charge in [-0.2, -0.15) is 0 Å². The smallest absolute Gasteiger partial charge is 0.161 e. The molecule has 3 rings (SSSR count). The van der Waals surface area contributed by atoms with E-state index in [1.807, 2.05) is 24.4 Å². The van der Waals surface area contributed by atoms with E-state index in [-0.39, 0.29) is 5.60 Å². The summed E-state index contributed by atoms with van der Waals surface area (Å²) >= 11 is 0. The maximum atomic E-state index is 5.95. The molecule has 1 aliphatic heterocycles. The zero-order chi connectivity index (χ0) is 20.7. The van der Waals surface area contributed by atoms with Crippen molar-refractivity contribution in [1.29, 1.82) is 0 Å². The van der Waals surface area contributed by atoms with Crippen molar-refractivity contribution < 1.29 is 14.2 Å². The van der Waals surface area contributed by atoms with Gasteiger partial charge in [-0.25, -0.2) is 0 Å². The second-order valence-corrected chi connectivity index (χ2v) is 8.32. The Hall–Kier alpha value is -2.33. The number of hydrogen-bond donors (Lipinski definition) is 0. The van der Waals surface area contributed by atoms with Crippen molar-refractivity contribution in [1.82, 2.24) is 0 Å². The fourth-order valence-corrected chi connectivity index (χ4v) is 4.31. The molecule has 0 aliphatic carbocycles. The normalized spacial score (nSPS) is 19.8. The predicted octanol–water partition coefficient (Wildman–Crippen LogP) is 5.50. The monoisotopic (exact) mass is 395 g/mol. The molecule has 0 saturated carbocycles. The molecule has 1 saturated heterocycles. The molecule has 0 bridgehead atoms. The highest BCUT2D eigenvalue weighted by atomic mass is 16.5. The van der Waals surface area contributed by atoms with Crippen LogP contribution in [-0.4, -0.2) is 39.2 Å². The zero-order valence-corrected chi connectivity index (χ0v) is 18.1. The van der Waals surface area contributed by atoms with Crippen LogP contribution in [0, 0.1) is 5.92 Å². The molecule has 1 heterocycles. The molecule has 1 aliphatic rings. The van der Waals surface area contributed by atoms with Crippen molar-refractivity contribution in [2.24, 2.45) is 10.9 Å². The Morgan fingerprint density at radius 3 is 2.55 bits per heavy atom. The Morgan fingerprint density at radius 1 is 1.10 bits per heavy atom. The van der Waals surface area contributed by atoms with Crippen LogP contribution in [0.3, 0.4) is 0 Å². The Kier molecular flexibility index (Phi) is 7.32. The van der Waals surface area contributed by atoms with Crippen molar-refractivity contribution in [2.45, 2.75) is 44.6 Å². The number of rotatable bonds is 8. The summed E-state index contributed by atoms with van der Waals surface area (Å²) in [4.78, 5) is 4.72. The standard InChI is InChI=1S/C25H33NO3/c1-25(2)17-21(13-15-29-25)22(20-8-6-5-7-9-20)12-14-26-18-19-10-11-23(27-3)24(16-19)28-4/h5-11,16,18,21-22H,12-15,17H2,1-4H3/t21-,22+/m0/s1. The lowest BCUT2D eigenvalue weighted by Crippen LogP contribution is -2.36. The average Bonchev–Trinajstić information content (AvgIpc) is 2.73. The number of methoxy groups -OCH3 is 2. The Balaban J connectivity index is 1.68. The van der Waals surface area contributed by atoms with E-state index in [4.69, 9.17) is 19.2 Å². The summed E-state index contributed by atoms with van der Waals surface area (Å²) in [6.07, 6.45) is 5.17. The topological polar surface area (TPSA) is 40.0 Å². The van der Waals surface area contributed by atoms with Crippen LogP contribution < -0.4 is 9.47 Å². The third-order valence-electron chi connectivity index (χ3n) is 5.75. The van der Waals surface area contributed by atoms with E-state index in [1.165, 1.54) is 5.56 Å². The number of aliphatic imine (C=N–C) groups is 1. The largest absolute Gasteiger partial charge is 0.493 e. The van der Waals surface area contributed by atoms with Crippen molar-refractivity contribution in [2.75, 3.05) is 27.4 Å². The number of hydrogen-bond acceptors (Lipinski definition) is 4. The van der Waals surface area contributed by atoms with Gasteiger partial charge < -0.3 is 14.2 Å². The van der Waals surface area contributed by atoms with Crippen molar-refractivity contribution >= 4 is 6.21 Å². The van der Waals surface area contributed by atoms with E-state index >= 15 is 0 Å². The molecule has 0 aromatic heterocycles. The summed E-state index contributed by atoms with van der Waals surface area (Å²) in [5.74, 6) is 2.58. The third-order valence-corrected chi connectivity index (χ3v) is 5.75. The van der Waals surface area contributed by atoms with E-state index in [2.05, 4.69) is 44.2 Å². The van der Waals surface area contributed by atoms with Gasteiger partial charge in [0.05, 0.1) is 19.8 Å². The van der Waals surface area contributed by atoms with Gasteiger partial charge >= 0.3 is 0 Å². The number of ether oxygens (including phenoxy) is 3. The summed E-state index contributed by atoms with van der Waals surface area (Å²) in [6, 6.07) is 16.7. The fraction of sp³-hybridized carbons (Fsp3) is 0.480. The number of benzene rings is 2. The second kappa shape index (κ2) is 9.93. The van der Waals surface area contributed by atoms with Crippen LogP contribution in [-0.2, 0) is 4.74 Å². The molecule has 1 fully saturated rings. The highest BCUT2D eigenvalue weighted by Crippen LogP contribution is 2.40. The minimum absolute atomic E-state index is 0.0428. The molecule has 0 amide bonds. The molecule has 29 heavy (non-hydrogen) atoms. The molecular weight excluding hydrogens is 362 g/mol. The Bertz CT molecular complexity index is 801. The molecular formula is C25H33NO3. The van der Waals surface area contributed by atoms with E-state index < -0.39 is 0 Å². The van der Waals surface area contributed by atoms with Crippen LogP contribution in [0.15, 0.2) is 53.5 Å². The minimum atomic E-state index is -0.0428. The van der Waals surface area contributed by atoms with Crippen LogP contribution in [0.4, 0.5) is 0 Å². The molecule has 0 radical (unpaired) electrons. The van der Waals surface area contributed by atoms with Crippen molar-refractivity contribution in [3.05, 3.63) is 59.7 Å². The molecule has 0 spiro atoms. The van der Waals surface area contributed by atoms with Gasteiger partial charge in [-0.15, -0.1) is 0 Å².